The van der Waals surface area contributed by atoms with Crippen LogP contribution < -0.4 is 5.32 Å². The van der Waals surface area contributed by atoms with Crippen LogP contribution in [0.5, 0.6) is 0 Å². The number of hydrogen-bond donors (Lipinski definition) is 1. The van der Waals surface area contributed by atoms with Gasteiger partial charge in [-0.15, -0.1) is 11.3 Å². The first-order valence-electron chi connectivity index (χ1n) is 6.34. The van der Waals surface area contributed by atoms with Gasteiger partial charge in [0.1, 0.15) is 11.3 Å². The summed E-state index contributed by atoms with van der Waals surface area (Å²) in [6.07, 6.45) is 0. The number of anilines is 1. The van der Waals surface area contributed by atoms with Gasteiger partial charge in [-0.25, -0.2) is 14.4 Å². The molecule has 0 aliphatic carbocycles. The third-order valence-electron chi connectivity index (χ3n) is 3.26. The Morgan fingerprint density at radius 3 is 2.75 bits per heavy atom. The predicted molar refractivity (Wildman–Crippen MR) is 79.6 cm³/mol. The summed E-state index contributed by atoms with van der Waals surface area (Å²) in [7, 11) is 1.81. The third kappa shape index (κ3) is 2.16. The highest BCUT2D eigenvalue weighted by atomic mass is 32.1. The monoisotopic (exact) mass is 290 g/mol. The molecule has 0 amide bonds. The number of benzene rings is 1. The van der Waals surface area contributed by atoms with Crippen LogP contribution in [-0.2, 0) is 13.6 Å². The molecular weight excluding hydrogens is 275 g/mol. The quantitative estimate of drug-likeness (QED) is 0.804. The Morgan fingerprint density at radius 1 is 1.30 bits per heavy atom. The van der Waals surface area contributed by atoms with Crippen molar-refractivity contribution in [2.45, 2.75) is 20.4 Å². The van der Waals surface area contributed by atoms with Crippen LogP contribution >= 0.6 is 11.3 Å². The molecule has 3 aromatic rings. The second-order valence-corrected chi connectivity index (χ2v) is 6.10. The molecule has 2 aromatic heterocycles. The number of imidazole rings is 1. The van der Waals surface area contributed by atoms with Crippen LogP contribution in [0.3, 0.4) is 0 Å². The average molecular weight is 290 g/mol. The molecule has 0 unspecified atom stereocenters. The van der Waals surface area contributed by atoms with Crippen LogP contribution in [0.2, 0.25) is 0 Å². The zero-order chi connectivity index (χ0) is 14.3. The highest BCUT2D eigenvalue weighted by Gasteiger charge is 2.12. The van der Waals surface area contributed by atoms with Crippen LogP contribution in [0, 0.1) is 19.7 Å². The molecule has 0 fully saturated rings. The van der Waals surface area contributed by atoms with E-state index in [0.717, 1.165) is 10.7 Å². The van der Waals surface area contributed by atoms with Gasteiger partial charge >= 0.3 is 0 Å². The van der Waals surface area contributed by atoms with Crippen LogP contribution in [0.15, 0.2) is 18.2 Å². The van der Waals surface area contributed by atoms with Gasteiger partial charge in [0.15, 0.2) is 0 Å². The largest absolute Gasteiger partial charge is 0.350 e. The van der Waals surface area contributed by atoms with E-state index < -0.39 is 0 Å². The van der Waals surface area contributed by atoms with Gasteiger partial charge in [0.2, 0.25) is 5.95 Å². The Balaban J connectivity index is 1.90. The van der Waals surface area contributed by atoms with Gasteiger partial charge in [0.05, 0.1) is 22.8 Å². The lowest BCUT2D eigenvalue weighted by Gasteiger charge is -2.05. The van der Waals surface area contributed by atoms with Crippen LogP contribution in [0.1, 0.15) is 15.6 Å². The van der Waals surface area contributed by atoms with Crippen molar-refractivity contribution in [2.24, 2.45) is 7.05 Å². The maximum absolute atomic E-state index is 13.8. The first-order chi connectivity index (χ1) is 9.56. The molecule has 0 radical (unpaired) electrons. The van der Waals surface area contributed by atoms with E-state index in [9.17, 15) is 4.39 Å². The maximum Gasteiger partial charge on any atom is 0.204 e. The fourth-order valence-corrected chi connectivity index (χ4v) is 3.11. The molecule has 0 saturated carbocycles. The van der Waals surface area contributed by atoms with Crippen LogP contribution in [0.25, 0.3) is 11.0 Å². The average Bonchev–Trinajstić information content (AvgIpc) is 2.88. The van der Waals surface area contributed by atoms with Gasteiger partial charge < -0.3 is 9.88 Å². The SMILES string of the molecule is Cc1nc(CNc2nc3cccc(F)c3n2C)c(C)s1. The lowest BCUT2D eigenvalue weighted by atomic mass is 10.3. The highest BCUT2D eigenvalue weighted by molar-refractivity contribution is 7.11. The van der Waals surface area contributed by atoms with Crippen molar-refractivity contribution in [1.82, 2.24) is 14.5 Å². The van der Waals surface area contributed by atoms with Gasteiger partial charge in [-0.05, 0) is 26.0 Å². The molecule has 6 heteroatoms. The number of para-hydroxylation sites is 1. The van der Waals surface area contributed by atoms with E-state index in [1.165, 1.54) is 10.9 Å². The van der Waals surface area contributed by atoms with Crippen LogP contribution in [-0.4, -0.2) is 14.5 Å². The second-order valence-electron chi connectivity index (χ2n) is 4.69. The van der Waals surface area contributed by atoms with Gasteiger partial charge in [-0.3, -0.25) is 0 Å². The number of aromatic nitrogens is 3. The molecular formula is C14H15FN4S. The van der Waals surface area contributed by atoms with E-state index in [-0.39, 0.29) is 5.82 Å². The molecule has 0 saturated heterocycles. The van der Waals surface area contributed by atoms with E-state index in [1.54, 1.807) is 29.0 Å². The summed E-state index contributed by atoms with van der Waals surface area (Å²) >= 11 is 1.68. The molecule has 20 heavy (non-hydrogen) atoms. The minimum Gasteiger partial charge on any atom is -0.350 e. The first-order valence-corrected chi connectivity index (χ1v) is 7.15. The molecule has 1 N–H and O–H groups in total. The molecule has 1 aromatic carbocycles. The van der Waals surface area contributed by atoms with Gasteiger partial charge in [0, 0.05) is 11.9 Å². The summed E-state index contributed by atoms with van der Waals surface area (Å²) in [4.78, 5) is 10.1. The Labute approximate surface area is 120 Å². The van der Waals surface area contributed by atoms with E-state index >= 15 is 0 Å². The maximum atomic E-state index is 13.8. The minimum atomic E-state index is -0.258. The van der Waals surface area contributed by atoms with Gasteiger partial charge in [-0.1, -0.05) is 6.07 Å². The molecule has 0 atom stereocenters. The van der Waals surface area contributed by atoms with E-state index in [1.807, 2.05) is 13.0 Å². The summed E-state index contributed by atoms with van der Waals surface area (Å²) < 4.78 is 15.5. The fourth-order valence-electron chi connectivity index (χ4n) is 2.28. The molecule has 4 nitrogen and oxygen atoms in total. The highest BCUT2D eigenvalue weighted by Crippen LogP contribution is 2.22. The van der Waals surface area contributed by atoms with Crippen molar-refractivity contribution in [3.8, 4) is 0 Å². The lowest BCUT2D eigenvalue weighted by molar-refractivity contribution is 0.632. The van der Waals surface area contributed by atoms with Crippen molar-refractivity contribution in [1.29, 1.82) is 0 Å². The minimum absolute atomic E-state index is 0.258. The molecule has 3 rings (SSSR count). The normalized spacial score (nSPS) is 11.2. The Kier molecular flexibility index (Phi) is 3.17. The summed E-state index contributed by atoms with van der Waals surface area (Å²) in [5.41, 5.74) is 2.18. The fraction of sp³-hybridized carbons (Fsp3) is 0.286. The molecule has 0 aliphatic heterocycles. The number of fused-ring (bicyclic) bond motifs is 1. The Morgan fingerprint density at radius 2 is 2.10 bits per heavy atom. The van der Waals surface area contributed by atoms with Crippen molar-refractivity contribution in [2.75, 3.05) is 5.32 Å². The Hall–Kier alpha value is -1.95. The van der Waals surface area contributed by atoms with Crippen LogP contribution in [0.4, 0.5) is 10.3 Å². The second kappa shape index (κ2) is 4.86. The summed E-state index contributed by atoms with van der Waals surface area (Å²) in [6, 6.07) is 4.92. The predicted octanol–water partition coefficient (Wildman–Crippen LogP) is 3.40. The summed E-state index contributed by atoms with van der Waals surface area (Å²) in [5, 5.41) is 4.28. The number of halogens is 1. The molecule has 0 aliphatic rings. The lowest BCUT2D eigenvalue weighted by Crippen LogP contribution is -2.06. The Bertz CT molecular complexity index is 775. The van der Waals surface area contributed by atoms with E-state index in [0.29, 0.717) is 23.5 Å². The van der Waals surface area contributed by atoms with Crippen molar-refractivity contribution in [3.63, 3.8) is 0 Å². The molecule has 2 heterocycles. The van der Waals surface area contributed by atoms with E-state index in [2.05, 4.69) is 22.2 Å². The van der Waals surface area contributed by atoms with Crippen molar-refractivity contribution >= 4 is 28.3 Å². The molecule has 104 valence electrons. The van der Waals surface area contributed by atoms with Gasteiger partial charge in [0.25, 0.3) is 0 Å². The summed E-state index contributed by atoms with van der Waals surface area (Å²) in [6.45, 7) is 4.64. The molecule has 0 bridgehead atoms. The smallest absolute Gasteiger partial charge is 0.204 e. The number of aryl methyl sites for hydroxylation is 3. The first kappa shape index (κ1) is 13.1. The molecule has 0 spiro atoms. The standard InChI is InChI=1S/C14H15FN4S/c1-8-12(17-9(2)20-8)7-16-14-18-11-6-4-5-10(15)13(11)19(14)3/h4-6H,7H2,1-3H3,(H,16,18). The zero-order valence-electron chi connectivity index (χ0n) is 11.6. The van der Waals surface area contributed by atoms with Crippen molar-refractivity contribution in [3.05, 3.63) is 39.6 Å². The van der Waals surface area contributed by atoms with Crippen molar-refractivity contribution < 1.29 is 4.39 Å². The number of nitrogens with zero attached hydrogens (tertiary/aromatic N) is 3. The number of thiazole rings is 1. The summed E-state index contributed by atoms with van der Waals surface area (Å²) in [5.74, 6) is 0.390. The van der Waals surface area contributed by atoms with Gasteiger partial charge in [-0.2, -0.15) is 0 Å². The number of hydrogen-bond acceptors (Lipinski definition) is 4. The topological polar surface area (TPSA) is 42.7 Å². The number of rotatable bonds is 3. The zero-order valence-corrected chi connectivity index (χ0v) is 12.4. The van der Waals surface area contributed by atoms with E-state index in [4.69, 9.17) is 0 Å². The third-order valence-corrected chi connectivity index (χ3v) is 4.19. The number of nitrogens with one attached hydrogen (secondary N) is 1.